The zero-order valence-corrected chi connectivity index (χ0v) is 9.27. The van der Waals surface area contributed by atoms with Gasteiger partial charge in [-0.1, -0.05) is 0 Å². The average Bonchev–Trinajstić information content (AvgIpc) is 2.74. The summed E-state index contributed by atoms with van der Waals surface area (Å²) in [5, 5.41) is 23.6. The van der Waals surface area contributed by atoms with Gasteiger partial charge in [-0.2, -0.15) is 5.10 Å². The predicted octanol–water partition coefficient (Wildman–Crippen LogP) is 1.18. The van der Waals surface area contributed by atoms with E-state index in [9.17, 15) is 14.9 Å². The summed E-state index contributed by atoms with van der Waals surface area (Å²) in [5.41, 5.74) is 0.797. The molecule has 0 aliphatic carbocycles. The third kappa shape index (κ3) is 2.03. The minimum atomic E-state index is -1.27. The normalized spacial score (nSPS) is 10.3. The van der Waals surface area contributed by atoms with Gasteiger partial charge in [-0.25, -0.2) is 9.48 Å². The summed E-state index contributed by atoms with van der Waals surface area (Å²) in [7, 11) is 0. The van der Waals surface area contributed by atoms with Crippen molar-refractivity contribution in [2.24, 2.45) is 0 Å². The first-order valence-corrected chi connectivity index (χ1v) is 4.88. The van der Waals surface area contributed by atoms with Crippen LogP contribution in [0.3, 0.4) is 0 Å². The molecule has 2 heterocycles. The van der Waals surface area contributed by atoms with Gasteiger partial charge < -0.3 is 15.2 Å². The van der Waals surface area contributed by atoms with E-state index in [2.05, 4.69) is 10.1 Å². The van der Waals surface area contributed by atoms with Crippen molar-refractivity contribution in [1.29, 1.82) is 0 Å². The highest BCUT2D eigenvalue weighted by molar-refractivity contribution is 5.92. The van der Waals surface area contributed by atoms with Gasteiger partial charge in [0.05, 0.1) is 17.8 Å². The average molecular weight is 248 g/mol. The van der Waals surface area contributed by atoms with Crippen LogP contribution in [0.25, 0.3) is 5.69 Å². The van der Waals surface area contributed by atoms with E-state index in [1.807, 2.05) is 0 Å². The molecule has 2 aromatic heterocycles. The predicted molar refractivity (Wildman–Crippen MR) is 59.7 cm³/mol. The van der Waals surface area contributed by atoms with E-state index >= 15 is 0 Å². The quantitative estimate of drug-likeness (QED) is 0.644. The summed E-state index contributed by atoms with van der Waals surface area (Å²) >= 11 is 0. The van der Waals surface area contributed by atoms with E-state index in [4.69, 9.17) is 5.11 Å². The first kappa shape index (κ1) is 11.7. The van der Waals surface area contributed by atoms with E-state index in [0.717, 1.165) is 17.8 Å². The number of nitro groups is 1. The number of hydrogen-bond donors (Lipinski definition) is 1. The van der Waals surface area contributed by atoms with Crippen LogP contribution < -0.4 is 0 Å². The standard InChI is InChI=1S/C10H8N4O4/c1-6-3-12-13(5-6)8-4-11-9(14(17)18)2-7(8)10(15)16/h2-5H,1H3,(H,15,16). The van der Waals surface area contributed by atoms with Gasteiger partial charge in [0.25, 0.3) is 0 Å². The van der Waals surface area contributed by atoms with Gasteiger partial charge in [0.1, 0.15) is 5.69 Å². The number of aromatic carboxylic acids is 1. The molecule has 0 radical (unpaired) electrons. The zero-order chi connectivity index (χ0) is 13.3. The van der Waals surface area contributed by atoms with Crippen molar-refractivity contribution in [3.05, 3.63) is 45.9 Å². The molecule has 0 aromatic carbocycles. The molecular weight excluding hydrogens is 240 g/mol. The lowest BCUT2D eigenvalue weighted by atomic mass is 10.2. The molecule has 0 aliphatic heterocycles. The maximum absolute atomic E-state index is 11.1. The molecular formula is C10H8N4O4. The molecule has 0 aliphatic rings. The van der Waals surface area contributed by atoms with Crippen molar-refractivity contribution in [1.82, 2.24) is 14.8 Å². The van der Waals surface area contributed by atoms with E-state index in [-0.39, 0.29) is 11.3 Å². The number of rotatable bonds is 3. The van der Waals surface area contributed by atoms with Crippen molar-refractivity contribution in [3.63, 3.8) is 0 Å². The number of carboxylic acid groups (broad SMARTS) is 1. The van der Waals surface area contributed by atoms with Gasteiger partial charge in [-0.3, -0.25) is 0 Å². The Morgan fingerprint density at radius 1 is 1.50 bits per heavy atom. The minimum Gasteiger partial charge on any atom is -0.478 e. The zero-order valence-electron chi connectivity index (χ0n) is 9.27. The van der Waals surface area contributed by atoms with Crippen LogP contribution in [0.1, 0.15) is 15.9 Å². The highest BCUT2D eigenvalue weighted by Crippen LogP contribution is 2.18. The number of aromatic nitrogens is 3. The Morgan fingerprint density at radius 3 is 2.72 bits per heavy atom. The largest absolute Gasteiger partial charge is 0.478 e. The molecule has 92 valence electrons. The molecule has 2 rings (SSSR count). The second kappa shape index (κ2) is 4.24. The molecule has 0 amide bonds. The third-order valence-corrected chi connectivity index (χ3v) is 2.24. The smallest absolute Gasteiger partial charge is 0.364 e. The summed E-state index contributed by atoms with van der Waals surface area (Å²) in [6.45, 7) is 1.79. The third-order valence-electron chi connectivity index (χ3n) is 2.24. The number of nitrogens with zero attached hydrogens (tertiary/aromatic N) is 4. The summed E-state index contributed by atoms with van der Waals surface area (Å²) in [4.78, 5) is 24.5. The van der Waals surface area contributed by atoms with Crippen LogP contribution in [-0.4, -0.2) is 30.8 Å². The number of aryl methyl sites for hydroxylation is 1. The molecule has 0 saturated carbocycles. The fourth-order valence-corrected chi connectivity index (χ4v) is 1.44. The molecule has 0 atom stereocenters. The Balaban J connectivity index is 2.60. The van der Waals surface area contributed by atoms with Gasteiger partial charge in [0.2, 0.25) is 0 Å². The second-order valence-corrected chi connectivity index (χ2v) is 3.58. The Bertz CT molecular complexity index is 635. The molecule has 0 spiro atoms. The molecule has 1 N–H and O–H groups in total. The summed E-state index contributed by atoms with van der Waals surface area (Å²) in [6.07, 6.45) is 4.27. The first-order valence-electron chi connectivity index (χ1n) is 4.88. The highest BCUT2D eigenvalue weighted by Gasteiger charge is 2.19. The first-order chi connectivity index (χ1) is 8.49. The van der Waals surface area contributed by atoms with Crippen molar-refractivity contribution < 1.29 is 14.8 Å². The van der Waals surface area contributed by atoms with Crippen molar-refractivity contribution in [2.45, 2.75) is 6.92 Å². The van der Waals surface area contributed by atoms with E-state index in [0.29, 0.717) is 0 Å². The molecule has 8 nitrogen and oxygen atoms in total. The van der Waals surface area contributed by atoms with Crippen LogP contribution in [0.4, 0.5) is 5.82 Å². The Morgan fingerprint density at radius 2 is 2.22 bits per heavy atom. The van der Waals surface area contributed by atoms with Crippen molar-refractivity contribution >= 4 is 11.8 Å². The Kier molecular flexibility index (Phi) is 2.76. The van der Waals surface area contributed by atoms with Crippen LogP contribution >= 0.6 is 0 Å². The molecule has 0 unspecified atom stereocenters. The lowest BCUT2D eigenvalue weighted by Gasteiger charge is -2.03. The number of pyridine rings is 1. The van der Waals surface area contributed by atoms with Crippen molar-refractivity contribution in [3.8, 4) is 5.69 Å². The molecule has 0 bridgehead atoms. The van der Waals surface area contributed by atoms with Crippen LogP contribution in [0.15, 0.2) is 24.7 Å². The van der Waals surface area contributed by atoms with Crippen LogP contribution in [-0.2, 0) is 0 Å². The minimum absolute atomic E-state index is 0.182. The van der Waals surface area contributed by atoms with Crippen LogP contribution in [0.5, 0.6) is 0 Å². The van der Waals surface area contributed by atoms with Crippen LogP contribution in [0.2, 0.25) is 0 Å². The van der Waals surface area contributed by atoms with E-state index < -0.39 is 16.7 Å². The van der Waals surface area contributed by atoms with E-state index in [1.165, 1.54) is 4.68 Å². The van der Waals surface area contributed by atoms with Crippen LogP contribution in [0, 0.1) is 17.0 Å². The molecule has 8 heteroatoms. The number of carbonyl (C=O) groups is 1. The molecule has 0 fully saturated rings. The SMILES string of the molecule is Cc1cnn(-c2cnc([N+](=O)[O-])cc2C(=O)O)c1. The maximum atomic E-state index is 11.1. The maximum Gasteiger partial charge on any atom is 0.364 e. The number of carboxylic acids is 1. The van der Waals surface area contributed by atoms with Gasteiger partial charge in [-0.05, 0) is 22.4 Å². The lowest BCUT2D eigenvalue weighted by Crippen LogP contribution is -2.08. The summed E-state index contributed by atoms with van der Waals surface area (Å²) in [6, 6.07) is 0.911. The molecule has 0 saturated heterocycles. The van der Waals surface area contributed by atoms with Gasteiger partial charge in [0, 0.05) is 6.20 Å². The van der Waals surface area contributed by atoms with Gasteiger partial charge >= 0.3 is 11.8 Å². The highest BCUT2D eigenvalue weighted by atomic mass is 16.6. The lowest BCUT2D eigenvalue weighted by molar-refractivity contribution is -0.389. The Hall–Kier alpha value is -2.77. The fourth-order valence-electron chi connectivity index (χ4n) is 1.44. The molecule has 2 aromatic rings. The van der Waals surface area contributed by atoms with Gasteiger partial charge in [-0.15, -0.1) is 0 Å². The monoisotopic (exact) mass is 248 g/mol. The Labute approximate surface area is 101 Å². The van der Waals surface area contributed by atoms with E-state index in [1.54, 1.807) is 19.3 Å². The second-order valence-electron chi connectivity index (χ2n) is 3.58. The molecule has 18 heavy (non-hydrogen) atoms. The summed E-state index contributed by atoms with van der Waals surface area (Å²) < 4.78 is 1.31. The van der Waals surface area contributed by atoms with Gasteiger partial charge in [0.15, 0.2) is 6.20 Å². The fraction of sp³-hybridized carbons (Fsp3) is 0.100. The number of hydrogen-bond acceptors (Lipinski definition) is 5. The topological polar surface area (TPSA) is 111 Å². The van der Waals surface area contributed by atoms with Crippen molar-refractivity contribution in [2.75, 3.05) is 0 Å². The summed E-state index contributed by atoms with van der Waals surface area (Å²) in [5.74, 6) is -1.79.